The van der Waals surface area contributed by atoms with Crippen molar-refractivity contribution in [3.05, 3.63) is 12.3 Å². The van der Waals surface area contributed by atoms with Crippen molar-refractivity contribution in [1.82, 2.24) is 0 Å². The molecule has 0 N–H and O–H groups in total. The predicted molar refractivity (Wildman–Crippen MR) is 31.6 cm³/mol. The SMILES string of the molecule is CC=COC(=O)CCl. The number of rotatable bonds is 2. The molecule has 0 radical (unpaired) electrons. The Morgan fingerprint density at radius 2 is 2.50 bits per heavy atom. The molecule has 0 fully saturated rings. The molecule has 0 unspecified atom stereocenters. The molecule has 0 rings (SSSR count). The second kappa shape index (κ2) is 4.65. The van der Waals surface area contributed by atoms with E-state index >= 15 is 0 Å². The van der Waals surface area contributed by atoms with Crippen LogP contribution in [0.2, 0.25) is 0 Å². The summed E-state index contributed by atoms with van der Waals surface area (Å²) in [6.07, 6.45) is 2.91. The van der Waals surface area contributed by atoms with E-state index in [0.717, 1.165) is 0 Å². The van der Waals surface area contributed by atoms with Gasteiger partial charge >= 0.3 is 5.97 Å². The molecule has 0 aliphatic carbocycles. The molecule has 0 spiro atoms. The normalized spacial score (nSPS) is 9.75. The minimum atomic E-state index is -0.426. The first kappa shape index (κ1) is 7.50. The molecule has 0 aromatic carbocycles. The summed E-state index contributed by atoms with van der Waals surface area (Å²) in [6, 6.07) is 0. The Hall–Kier alpha value is -0.500. The van der Waals surface area contributed by atoms with Gasteiger partial charge in [0.05, 0.1) is 6.26 Å². The third-order valence-corrected chi connectivity index (χ3v) is 0.663. The molecule has 0 saturated heterocycles. The Morgan fingerprint density at radius 3 is 2.88 bits per heavy atom. The number of halogens is 1. The van der Waals surface area contributed by atoms with Crippen LogP contribution in [0.4, 0.5) is 0 Å². The van der Waals surface area contributed by atoms with Crippen LogP contribution in [0.3, 0.4) is 0 Å². The zero-order chi connectivity index (χ0) is 6.41. The van der Waals surface area contributed by atoms with Crippen LogP contribution in [0.15, 0.2) is 12.3 Å². The first-order valence-corrected chi connectivity index (χ1v) is 2.71. The van der Waals surface area contributed by atoms with Crippen molar-refractivity contribution >= 4 is 17.6 Å². The van der Waals surface area contributed by atoms with Gasteiger partial charge in [-0.3, -0.25) is 4.79 Å². The molecular weight excluding hydrogens is 128 g/mol. The van der Waals surface area contributed by atoms with Gasteiger partial charge in [-0.1, -0.05) is 6.08 Å². The molecular formula is C5H7ClO2. The topological polar surface area (TPSA) is 26.3 Å². The van der Waals surface area contributed by atoms with Crippen molar-refractivity contribution < 1.29 is 9.53 Å². The number of carbonyl (C=O) groups excluding carboxylic acids is 1. The van der Waals surface area contributed by atoms with Crippen LogP contribution in [0, 0.1) is 0 Å². The highest BCUT2D eigenvalue weighted by Gasteiger charge is 1.92. The predicted octanol–water partition coefficient (Wildman–Crippen LogP) is 1.30. The van der Waals surface area contributed by atoms with Gasteiger partial charge in [0.2, 0.25) is 0 Å². The van der Waals surface area contributed by atoms with E-state index in [1.807, 2.05) is 0 Å². The van der Waals surface area contributed by atoms with Gasteiger partial charge in [-0.2, -0.15) is 0 Å². The third kappa shape index (κ3) is 3.68. The lowest BCUT2D eigenvalue weighted by atomic mass is 10.7. The van der Waals surface area contributed by atoms with E-state index in [9.17, 15) is 4.79 Å². The Balaban J connectivity index is 3.25. The number of hydrogen-bond donors (Lipinski definition) is 0. The zero-order valence-electron chi connectivity index (χ0n) is 4.56. The standard InChI is InChI=1S/C5H7ClO2/c1-2-3-8-5(7)4-6/h2-3H,4H2,1H3. The largest absolute Gasteiger partial charge is 0.434 e. The van der Waals surface area contributed by atoms with Gasteiger partial charge in [0.15, 0.2) is 0 Å². The van der Waals surface area contributed by atoms with E-state index in [1.54, 1.807) is 13.0 Å². The van der Waals surface area contributed by atoms with Gasteiger partial charge in [-0.25, -0.2) is 0 Å². The maximum absolute atomic E-state index is 10.2. The quantitative estimate of drug-likeness (QED) is 0.323. The molecule has 2 nitrogen and oxygen atoms in total. The summed E-state index contributed by atoms with van der Waals surface area (Å²) >= 11 is 5.08. The zero-order valence-corrected chi connectivity index (χ0v) is 5.31. The number of ether oxygens (including phenoxy) is 1. The Labute approximate surface area is 53.1 Å². The lowest BCUT2D eigenvalue weighted by Gasteiger charge is -1.89. The highest BCUT2D eigenvalue weighted by Crippen LogP contribution is 1.82. The molecule has 0 amide bonds. The van der Waals surface area contributed by atoms with Crippen molar-refractivity contribution in [1.29, 1.82) is 0 Å². The highest BCUT2D eigenvalue weighted by atomic mass is 35.5. The molecule has 0 atom stereocenters. The second-order valence-electron chi connectivity index (χ2n) is 1.09. The number of allylic oxidation sites excluding steroid dienone is 1. The first-order chi connectivity index (χ1) is 3.81. The van der Waals surface area contributed by atoms with Crippen LogP contribution in [0.1, 0.15) is 6.92 Å². The van der Waals surface area contributed by atoms with Crippen LogP contribution in [-0.4, -0.2) is 11.8 Å². The van der Waals surface area contributed by atoms with Crippen molar-refractivity contribution in [2.45, 2.75) is 6.92 Å². The summed E-state index contributed by atoms with van der Waals surface area (Å²) in [4.78, 5) is 10.2. The Bertz CT molecular complexity index is 98.6. The number of alkyl halides is 1. The van der Waals surface area contributed by atoms with E-state index in [2.05, 4.69) is 4.74 Å². The van der Waals surface area contributed by atoms with Crippen molar-refractivity contribution in [3.63, 3.8) is 0 Å². The van der Waals surface area contributed by atoms with E-state index in [1.165, 1.54) is 6.26 Å². The van der Waals surface area contributed by atoms with E-state index in [4.69, 9.17) is 11.6 Å². The molecule has 8 heavy (non-hydrogen) atoms. The molecule has 3 heteroatoms. The van der Waals surface area contributed by atoms with Gasteiger partial charge in [-0.05, 0) is 6.92 Å². The molecule has 0 bridgehead atoms. The monoisotopic (exact) mass is 134 g/mol. The van der Waals surface area contributed by atoms with Crippen LogP contribution in [-0.2, 0) is 9.53 Å². The maximum Gasteiger partial charge on any atom is 0.325 e. The van der Waals surface area contributed by atoms with Gasteiger partial charge in [0.1, 0.15) is 5.88 Å². The summed E-state index contributed by atoms with van der Waals surface area (Å²) in [5, 5.41) is 0. The Kier molecular flexibility index (Phi) is 4.36. The average Bonchev–Trinajstić information content (AvgIpc) is 1.83. The van der Waals surface area contributed by atoms with Gasteiger partial charge in [0.25, 0.3) is 0 Å². The van der Waals surface area contributed by atoms with Crippen molar-refractivity contribution in [2.24, 2.45) is 0 Å². The maximum atomic E-state index is 10.2. The van der Waals surface area contributed by atoms with E-state index < -0.39 is 5.97 Å². The minimum Gasteiger partial charge on any atom is -0.434 e. The lowest BCUT2D eigenvalue weighted by molar-refractivity contribution is -0.135. The van der Waals surface area contributed by atoms with Gasteiger partial charge in [-0.15, -0.1) is 11.6 Å². The number of carbonyl (C=O) groups is 1. The average molecular weight is 135 g/mol. The Morgan fingerprint density at radius 1 is 1.88 bits per heavy atom. The fraction of sp³-hybridized carbons (Fsp3) is 0.400. The third-order valence-electron chi connectivity index (χ3n) is 0.445. The molecule has 0 aliphatic rings. The number of esters is 1. The molecule has 0 aliphatic heterocycles. The fourth-order valence-electron chi connectivity index (χ4n) is 0.175. The summed E-state index contributed by atoms with van der Waals surface area (Å²) in [5.41, 5.74) is 0. The van der Waals surface area contributed by atoms with Crippen molar-refractivity contribution in [2.75, 3.05) is 5.88 Å². The van der Waals surface area contributed by atoms with Crippen LogP contribution >= 0.6 is 11.6 Å². The summed E-state index contributed by atoms with van der Waals surface area (Å²) in [7, 11) is 0. The molecule has 0 aromatic heterocycles. The van der Waals surface area contributed by atoms with Crippen LogP contribution in [0.5, 0.6) is 0 Å². The molecule has 46 valence electrons. The van der Waals surface area contributed by atoms with E-state index in [0.29, 0.717) is 0 Å². The van der Waals surface area contributed by atoms with Crippen molar-refractivity contribution in [3.8, 4) is 0 Å². The number of hydrogen-bond acceptors (Lipinski definition) is 2. The molecule has 0 heterocycles. The fourth-order valence-corrected chi connectivity index (χ4v) is 0.238. The second-order valence-corrected chi connectivity index (χ2v) is 1.36. The van der Waals surface area contributed by atoms with E-state index in [-0.39, 0.29) is 5.88 Å². The van der Waals surface area contributed by atoms with Crippen LogP contribution < -0.4 is 0 Å². The smallest absolute Gasteiger partial charge is 0.325 e. The molecule has 0 aromatic rings. The van der Waals surface area contributed by atoms with Crippen LogP contribution in [0.25, 0.3) is 0 Å². The van der Waals surface area contributed by atoms with Gasteiger partial charge in [0, 0.05) is 0 Å². The minimum absolute atomic E-state index is 0.0929. The summed E-state index contributed by atoms with van der Waals surface area (Å²) < 4.78 is 4.39. The first-order valence-electron chi connectivity index (χ1n) is 2.18. The summed E-state index contributed by atoms with van der Waals surface area (Å²) in [5.74, 6) is -0.519. The summed E-state index contributed by atoms with van der Waals surface area (Å²) in [6.45, 7) is 1.75. The highest BCUT2D eigenvalue weighted by molar-refractivity contribution is 6.26. The molecule has 0 saturated carbocycles. The lowest BCUT2D eigenvalue weighted by Crippen LogP contribution is -1.99. The van der Waals surface area contributed by atoms with Gasteiger partial charge < -0.3 is 4.74 Å².